The van der Waals surface area contributed by atoms with Crippen LogP contribution in [-0.2, 0) is 20.9 Å². The molecular weight excluding hydrogens is 503 g/mol. The summed E-state index contributed by atoms with van der Waals surface area (Å²) in [5, 5.41) is 0. The van der Waals surface area contributed by atoms with Crippen molar-refractivity contribution in [2.45, 2.75) is 59.9 Å². The number of allylic oxidation sites excluding steroid dienone is 4. The van der Waals surface area contributed by atoms with Crippen molar-refractivity contribution in [2.24, 2.45) is 5.92 Å². The summed E-state index contributed by atoms with van der Waals surface area (Å²) in [6, 6.07) is 7.89. The zero-order valence-electron chi connectivity index (χ0n) is 19.6. The molecule has 5 heteroatoms. The van der Waals surface area contributed by atoms with Crippen LogP contribution in [0.25, 0.3) is 0 Å². The van der Waals surface area contributed by atoms with Gasteiger partial charge in [0.05, 0.1) is 19.8 Å². The Kier molecular flexibility index (Phi) is 11.9. The molecule has 0 saturated carbocycles. The van der Waals surface area contributed by atoms with Crippen LogP contribution in [0.15, 0.2) is 69.9 Å². The smallest absolute Gasteiger partial charge is 0.334 e. The highest BCUT2D eigenvalue weighted by Crippen LogP contribution is 2.17. The molecule has 0 aromatic heterocycles. The van der Waals surface area contributed by atoms with E-state index in [1.807, 2.05) is 74.3 Å². The van der Waals surface area contributed by atoms with Gasteiger partial charge in [0.1, 0.15) is 11.4 Å². The molecule has 0 aliphatic rings. The summed E-state index contributed by atoms with van der Waals surface area (Å²) in [6.45, 7) is 12.0. The Balaban J connectivity index is 2.71. The van der Waals surface area contributed by atoms with E-state index in [0.29, 0.717) is 12.2 Å². The molecule has 0 spiro atoms. The predicted molar refractivity (Wildman–Crippen MR) is 136 cm³/mol. The van der Waals surface area contributed by atoms with E-state index in [0.717, 1.165) is 16.9 Å². The highest BCUT2D eigenvalue weighted by molar-refractivity contribution is 14.1. The van der Waals surface area contributed by atoms with Crippen LogP contribution in [0.1, 0.15) is 47.1 Å². The van der Waals surface area contributed by atoms with E-state index in [1.165, 1.54) is 0 Å². The Hall–Kier alpha value is -1.86. The average molecular weight is 538 g/mol. The number of carbonyl (C=O) groups excluding carboxylic acids is 1. The SMILES string of the molecule is COc1ccc(CO[C@H](/C=C/I)[C@H](C)/C=C/C=C(C)/C=C(\C)C(=O)OC(C)(C)C)cc1. The third-order valence-electron chi connectivity index (χ3n) is 4.32. The van der Waals surface area contributed by atoms with Crippen molar-refractivity contribution in [3.63, 3.8) is 0 Å². The van der Waals surface area contributed by atoms with Crippen molar-refractivity contribution in [3.8, 4) is 5.75 Å². The molecule has 0 aliphatic carbocycles. The fourth-order valence-corrected chi connectivity index (χ4v) is 3.08. The largest absolute Gasteiger partial charge is 0.497 e. The molecule has 31 heavy (non-hydrogen) atoms. The zero-order chi connectivity index (χ0) is 23.4. The first-order valence-electron chi connectivity index (χ1n) is 10.3. The van der Waals surface area contributed by atoms with Gasteiger partial charge in [0.25, 0.3) is 0 Å². The highest BCUT2D eigenvalue weighted by Gasteiger charge is 2.17. The molecule has 0 fully saturated rings. The Morgan fingerprint density at radius 2 is 1.77 bits per heavy atom. The summed E-state index contributed by atoms with van der Waals surface area (Å²) < 4.78 is 18.7. The standard InChI is InChI=1S/C26H35IO4/c1-19(17-21(3)25(28)31-26(4,5)6)9-8-10-20(2)24(15-16-27)30-18-22-11-13-23(29-7)14-12-22/h8-17,20,24H,18H2,1-7H3/b10-8+,16-15+,19-9+,21-17+/t20-,24-/m1/s1. The number of halogens is 1. The first kappa shape index (κ1) is 27.2. The number of hydrogen-bond donors (Lipinski definition) is 0. The second-order valence-corrected chi connectivity index (χ2v) is 9.15. The minimum Gasteiger partial charge on any atom is -0.497 e. The van der Waals surface area contributed by atoms with E-state index in [4.69, 9.17) is 14.2 Å². The Morgan fingerprint density at radius 1 is 1.13 bits per heavy atom. The van der Waals surface area contributed by atoms with Gasteiger partial charge in [-0.3, -0.25) is 0 Å². The van der Waals surface area contributed by atoms with Crippen molar-refractivity contribution in [1.29, 1.82) is 0 Å². The number of esters is 1. The molecule has 2 atom stereocenters. The van der Waals surface area contributed by atoms with Crippen LogP contribution in [0.3, 0.4) is 0 Å². The van der Waals surface area contributed by atoms with Crippen LogP contribution in [0.4, 0.5) is 0 Å². The van der Waals surface area contributed by atoms with Gasteiger partial charge in [-0.05, 0) is 68.5 Å². The van der Waals surface area contributed by atoms with E-state index in [2.05, 4.69) is 41.7 Å². The second kappa shape index (κ2) is 13.5. The first-order valence-corrected chi connectivity index (χ1v) is 11.6. The van der Waals surface area contributed by atoms with E-state index in [1.54, 1.807) is 14.0 Å². The molecule has 1 rings (SSSR count). The Labute approximate surface area is 201 Å². The third-order valence-corrected chi connectivity index (χ3v) is 4.74. The van der Waals surface area contributed by atoms with Gasteiger partial charge in [0, 0.05) is 11.5 Å². The average Bonchev–Trinajstić information content (AvgIpc) is 2.70. The molecule has 0 heterocycles. The van der Waals surface area contributed by atoms with E-state index in [9.17, 15) is 4.79 Å². The molecular formula is C26H35IO4. The number of methoxy groups -OCH3 is 1. The fraction of sp³-hybridized carbons (Fsp3) is 0.423. The van der Waals surface area contributed by atoms with Gasteiger partial charge in [-0.1, -0.05) is 65.4 Å². The lowest BCUT2D eigenvalue weighted by Gasteiger charge is -2.19. The normalized spacial score (nSPS) is 15.4. The van der Waals surface area contributed by atoms with E-state index >= 15 is 0 Å². The van der Waals surface area contributed by atoms with Crippen LogP contribution < -0.4 is 4.74 Å². The summed E-state index contributed by atoms with van der Waals surface area (Å²) in [5.41, 5.74) is 2.17. The maximum Gasteiger partial charge on any atom is 0.334 e. The molecule has 0 aliphatic heterocycles. The van der Waals surface area contributed by atoms with Crippen LogP contribution >= 0.6 is 22.6 Å². The second-order valence-electron chi connectivity index (χ2n) is 8.43. The fourth-order valence-electron chi connectivity index (χ4n) is 2.67. The maximum absolute atomic E-state index is 12.1. The lowest BCUT2D eigenvalue weighted by molar-refractivity contribution is -0.149. The molecule has 0 saturated heterocycles. The van der Waals surface area contributed by atoms with Crippen molar-refractivity contribution in [1.82, 2.24) is 0 Å². The lowest BCUT2D eigenvalue weighted by atomic mass is 10.0. The molecule has 0 bridgehead atoms. The molecule has 0 radical (unpaired) electrons. The van der Waals surface area contributed by atoms with Crippen LogP contribution in [-0.4, -0.2) is 24.8 Å². The molecule has 0 N–H and O–H groups in total. The summed E-state index contributed by atoms with van der Waals surface area (Å²) in [6.07, 6.45) is 9.95. The topological polar surface area (TPSA) is 44.8 Å². The quantitative estimate of drug-likeness (QED) is 0.140. The summed E-state index contributed by atoms with van der Waals surface area (Å²) in [4.78, 5) is 12.1. The summed E-state index contributed by atoms with van der Waals surface area (Å²) in [5.74, 6) is 0.725. The van der Waals surface area contributed by atoms with Gasteiger partial charge in [-0.15, -0.1) is 0 Å². The van der Waals surface area contributed by atoms with Crippen LogP contribution in [0.5, 0.6) is 5.75 Å². The van der Waals surface area contributed by atoms with Gasteiger partial charge in [0.2, 0.25) is 0 Å². The summed E-state index contributed by atoms with van der Waals surface area (Å²) in [7, 11) is 1.66. The minimum atomic E-state index is -0.494. The highest BCUT2D eigenvalue weighted by atomic mass is 127. The molecule has 1 aromatic carbocycles. The molecule has 4 nitrogen and oxygen atoms in total. The van der Waals surface area contributed by atoms with E-state index in [-0.39, 0.29) is 18.0 Å². The number of ether oxygens (including phenoxy) is 3. The zero-order valence-corrected chi connectivity index (χ0v) is 21.8. The third kappa shape index (κ3) is 11.4. The van der Waals surface area contributed by atoms with Gasteiger partial charge >= 0.3 is 5.97 Å². The molecule has 0 unspecified atom stereocenters. The molecule has 1 aromatic rings. The van der Waals surface area contributed by atoms with Crippen LogP contribution in [0.2, 0.25) is 0 Å². The van der Waals surface area contributed by atoms with Crippen molar-refractivity contribution < 1.29 is 19.0 Å². The molecule has 0 amide bonds. The van der Waals surface area contributed by atoms with Gasteiger partial charge < -0.3 is 14.2 Å². The number of hydrogen-bond acceptors (Lipinski definition) is 4. The van der Waals surface area contributed by atoms with Gasteiger partial charge in [-0.25, -0.2) is 4.79 Å². The van der Waals surface area contributed by atoms with Gasteiger partial charge in [0.15, 0.2) is 0 Å². The van der Waals surface area contributed by atoms with Crippen LogP contribution in [0, 0.1) is 5.92 Å². The van der Waals surface area contributed by atoms with Gasteiger partial charge in [-0.2, -0.15) is 0 Å². The monoisotopic (exact) mass is 538 g/mol. The van der Waals surface area contributed by atoms with Crippen molar-refractivity contribution >= 4 is 28.6 Å². The molecule has 170 valence electrons. The first-order chi connectivity index (χ1) is 14.6. The van der Waals surface area contributed by atoms with Crippen molar-refractivity contribution in [3.05, 3.63) is 75.4 Å². The number of carbonyl (C=O) groups is 1. The Morgan fingerprint density at radius 3 is 2.32 bits per heavy atom. The van der Waals surface area contributed by atoms with Crippen molar-refractivity contribution in [2.75, 3.05) is 7.11 Å². The number of rotatable bonds is 10. The van der Waals surface area contributed by atoms with E-state index < -0.39 is 5.60 Å². The maximum atomic E-state index is 12.1. The minimum absolute atomic E-state index is 0.0389. The summed E-state index contributed by atoms with van der Waals surface area (Å²) >= 11 is 2.21. The predicted octanol–water partition coefficient (Wildman–Crippen LogP) is 6.96. The lowest BCUT2D eigenvalue weighted by Crippen LogP contribution is -2.24. The Bertz CT molecular complexity index is 811. The number of benzene rings is 1.